The van der Waals surface area contributed by atoms with E-state index in [0.717, 1.165) is 25.5 Å². The van der Waals surface area contributed by atoms with Crippen LogP contribution in [0.25, 0.3) is 0 Å². The average Bonchev–Trinajstić information content (AvgIpc) is 2.93. The molecule has 6 heteroatoms. The van der Waals surface area contributed by atoms with Crippen LogP contribution in [0.3, 0.4) is 0 Å². The topological polar surface area (TPSA) is 67.4 Å². The van der Waals surface area contributed by atoms with Crippen molar-refractivity contribution < 1.29 is 18.7 Å². The molecule has 0 saturated carbocycles. The maximum atomic E-state index is 13.6. The fraction of sp³-hybridized carbons (Fsp3) is 0.429. The summed E-state index contributed by atoms with van der Waals surface area (Å²) in [5.74, 6) is -1.42. The minimum atomic E-state index is -0.578. The van der Waals surface area contributed by atoms with Gasteiger partial charge < -0.3 is 15.4 Å². The van der Waals surface area contributed by atoms with Crippen LogP contribution in [0.15, 0.2) is 18.2 Å². The second-order valence-electron chi connectivity index (χ2n) is 4.73. The first-order valence-corrected chi connectivity index (χ1v) is 6.51. The van der Waals surface area contributed by atoms with Crippen LogP contribution in [0, 0.1) is 5.82 Å². The van der Waals surface area contributed by atoms with Crippen LogP contribution >= 0.6 is 0 Å². The van der Waals surface area contributed by atoms with E-state index in [1.165, 1.54) is 19.2 Å². The van der Waals surface area contributed by atoms with Gasteiger partial charge in [0.25, 0.3) is 0 Å². The molecule has 0 bridgehead atoms. The Kier molecular flexibility index (Phi) is 4.68. The van der Waals surface area contributed by atoms with Crippen LogP contribution in [-0.2, 0) is 9.53 Å². The van der Waals surface area contributed by atoms with E-state index in [2.05, 4.69) is 15.4 Å². The molecule has 1 aromatic carbocycles. The van der Waals surface area contributed by atoms with E-state index in [9.17, 15) is 14.0 Å². The Balaban J connectivity index is 2.03. The molecule has 5 nitrogen and oxygen atoms in total. The van der Waals surface area contributed by atoms with E-state index in [4.69, 9.17) is 0 Å². The third-order valence-electron chi connectivity index (χ3n) is 3.26. The van der Waals surface area contributed by atoms with Crippen molar-refractivity contribution in [1.29, 1.82) is 0 Å². The molecular weight excluding hydrogens is 263 g/mol. The van der Waals surface area contributed by atoms with Crippen molar-refractivity contribution in [3.8, 4) is 0 Å². The van der Waals surface area contributed by atoms with Crippen LogP contribution < -0.4 is 10.6 Å². The van der Waals surface area contributed by atoms with Gasteiger partial charge in [-0.1, -0.05) is 0 Å². The summed E-state index contributed by atoms with van der Waals surface area (Å²) in [5.41, 5.74) is 0.194. The molecule has 1 aliphatic heterocycles. The van der Waals surface area contributed by atoms with Gasteiger partial charge in [-0.2, -0.15) is 0 Å². The number of amides is 1. The normalized spacial score (nSPS) is 17.8. The SMILES string of the molecule is COC(=O)c1ccc(F)c(NC(=O)CC2CCCN2)c1. The molecule has 0 radical (unpaired) electrons. The Bertz CT molecular complexity index is 513. The number of methoxy groups -OCH3 is 1. The highest BCUT2D eigenvalue weighted by Crippen LogP contribution is 2.18. The molecule has 1 aliphatic rings. The Hall–Kier alpha value is -1.95. The first kappa shape index (κ1) is 14.5. The van der Waals surface area contributed by atoms with Gasteiger partial charge in [0.2, 0.25) is 5.91 Å². The molecule has 1 heterocycles. The number of anilines is 1. The van der Waals surface area contributed by atoms with Gasteiger partial charge in [0.05, 0.1) is 18.4 Å². The van der Waals surface area contributed by atoms with Crippen molar-refractivity contribution >= 4 is 17.6 Å². The van der Waals surface area contributed by atoms with Gasteiger partial charge in [-0.15, -0.1) is 0 Å². The lowest BCUT2D eigenvalue weighted by Crippen LogP contribution is -2.27. The lowest BCUT2D eigenvalue weighted by molar-refractivity contribution is -0.116. The summed E-state index contributed by atoms with van der Waals surface area (Å²) < 4.78 is 18.2. The minimum Gasteiger partial charge on any atom is -0.465 e. The highest BCUT2D eigenvalue weighted by Gasteiger charge is 2.19. The molecular formula is C14H17FN2O3. The highest BCUT2D eigenvalue weighted by molar-refractivity contribution is 5.94. The lowest BCUT2D eigenvalue weighted by atomic mass is 10.1. The van der Waals surface area contributed by atoms with Crippen molar-refractivity contribution in [3.63, 3.8) is 0 Å². The summed E-state index contributed by atoms with van der Waals surface area (Å²) in [5, 5.41) is 5.69. The standard InChI is InChI=1S/C14H17FN2O3/c1-20-14(19)9-4-5-11(15)12(7-9)17-13(18)8-10-3-2-6-16-10/h4-5,7,10,16H,2-3,6,8H2,1H3,(H,17,18). The maximum Gasteiger partial charge on any atom is 0.337 e. The Morgan fingerprint density at radius 2 is 2.30 bits per heavy atom. The largest absolute Gasteiger partial charge is 0.465 e. The number of carbonyl (C=O) groups excluding carboxylic acids is 2. The van der Waals surface area contributed by atoms with E-state index < -0.39 is 11.8 Å². The number of rotatable bonds is 4. The predicted octanol–water partition coefficient (Wildman–Crippen LogP) is 1.69. The number of hydrogen-bond acceptors (Lipinski definition) is 4. The fourth-order valence-corrected chi connectivity index (χ4v) is 2.22. The monoisotopic (exact) mass is 280 g/mol. The van der Waals surface area contributed by atoms with Crippen LogP contribution in [0.4, 0.5) is 10.1 Å². The summed E-state index contributed by atoms with van der Waals surface area (Å²) in [6.45, 7) is 0.907. The first-order valence-electron chi connectivity index (χ1n) is 6.51. The molecule has 1 saturated heterocycles. The van der Waals surface area contributed by atoms with Gasteiger partial charge in [-0.25, -0.2) is 9.18 Å². The Labute approximate surface area is 116 Å². The summed E-state index contributed by atoms with van der Waals surface area (Å²) in [7, 11) is 1.25. The molecule has 1 aromatic rings. The van der Waals surface area contributed by atoms with Gasteiger partial charge >= 0.3 is 5.97 Å². The quantitative estimate of drug-likeness (QED) is 0.824. The van der Waals surface area contributed by atoms with Gasteiger partial charge in [-0.05, 0) is 37.6 Å². The van der Waals surface area contributed by atoms with Gasteiger partial charge in [0.1, 0.15) is 5.82 Å². The number of benzene rings is 1. The molecule has 2 rings (SSSR count). The van der Waals surface area contributed by atoms with Crippen LogP contribution in [0.5, 0.6) is 0 Å². The summed E-state index contributed by atoms with van der Waals surface area (Å²) in [4.78, 5) is 23.2. The third-order valence-corrected chi connectivity index (χ3v) is 3.26. The molecule has 1 unspecified atom stereocenters. The first-order chi connectivity index (χ1) is 9.60. The molecule has 1 amide bonds. The van der Waals surface area contributed by atoms with Crippen molar-refractivity contribution in [1.82, 2.24) is 5.32 Å². The number of hydrogen-bond donors (Lipinski definition) is 2. The van der Waals surface area contributed by atoms with Crippen LogP contribution in [-0.4, -0.2) is 31.6 Å². The molecule has 1 fully saturated rings. The second kappa shape index (κ2) is 6.47. The number of halogens is 1. The molecule has 1 atom stereocenters. The van der Waals surface area contributed by atoms with Crippen molar-refractivity contribution in [2.24, 2.45) is 0 Å². The average molecular weight is 280 g/mol. The zero-order chi connectivity index (χ0) is 14.5. The van der Waals surface area contributed by atoms with Gasteiger partial charge in [0.15, 0.2) is 0 Å². The van der Waals surface area contributed by atoms with E-state index in [1.807, 2.05) is 0 Å². The summed E-state index contributed by atoms with van der Waals surface area (Å²) in [6, 6.07) is 3.87. The van der Waals surface area contributed by atoms with Gasteiger partial charge in [-0.3, -0.25) is 4.79 Å². The molecule has 2 N–H and O–H groups in total. The van der Waals surface area contributed by atoms with E-state index in [0.29, 0.717) is 6.42 Å². The van der Waals surface area contributed by atoms with Crippen molar-refractivity contribution in [2.75, 3.05) is 19.0 Å². The number of esters is 1. The van der Waals surface area contributed by atoms with Crippen LogP contribution in [0.1, 0.15) is 29.6 Å². The molecule has 20 heavy (non-hydrogen) atoms. The second-order valence-corrected chi connectivity index (χ2v) is 4.73. The van der Waals surface area contributed by atoms with Crippen LogP contribution in [0.2, 0.25) is 0 Å². The highest BCUT2D eigenvalue weighted by atomic mass is 19.1. The molecule has 108 valence electrons. The van der Waals surface area contributed by atoms with E-state index in [-0.39, 0.29) is 23.2 Å². The van der Waals surface area contributed by atoms with Crippen molar-refractivity contribution in [2.45, 2.75) is 25.3 Å². The zero-order valence-corrected chi connectivity index (χ0v) is 11.2. The molecule has 0 aliphatic carbocycles. The van der Waals surface area contributed by atoms with Crippen molar-refractivity contribution in [3.05, 3.63) is 29.6 Å². The van der Waals surface area contributed by atoms with E-state index in [1.54, 1.807) is 0 Å². The molecule has 0 spiro atoms. The fourth-order valence-electron chi connectivity index (χ4n) is 2.22. The Morgan fingerprint density at radius 1 is 1.50 bits per heavy atom. The van der Waals surface area contributed by atoms with Gasteiger partial charge in [0, 0.05) is 12.5 Å². The number of nitrogens with one attached hydrogen (secondary N) is 2. The molecule has 0 aromatic heterocycles. The summed E-state index contributed by atoms with van der Waals surface area (Å²) >= 11 is 0. The van der Waals surface area contributed by atoms with E-state index >= 15 is 0 Å². The maximum absolute atomic E-state index is 13.6. The third kappa shape index (κ3) is 3.54. The Morgan fingerprint density at radius 3 is 2.95 bits per heavy atom. The zero-order valence-electron chi connectivity index (χ0n) is 11.2. The lowest BCUT2D eigenvalue weighted by Gasteiger charge is -2.11. The predicted molar refractivity (Wildman–Crippen MR) is 72.0 cm³/mol. The minimum absolute atomic E-state index is 0.00380. The smallest absolute Gasteiger partial charge is 0.337 e. The number of carbonyl (C=O) groups is 2. The number of ether oxygens (including phenoxy) is 1. The summed E-state index contributed by atoms with van der Waals surface area (Å²) in [6.07, 6.45) is 2.28.